The zero-order chi connectivity index (χ0) is 14.0. The van der Waals surface area contributed by atoms with Crippen molar-refractivity contribution in [3.63, 3.8) is 0 Å². The van der Waals surface area contributed by atoms with E-state index in [1.807, 2.05) is 24.3 Å². The molecule has 0 radical (unpaired) electrons. The van der Waals surface area contributed by atoms with Gasteiger partial charge in [-0.15, -0.1) is 0 Å². The Hall–Kier alpha value is -1.55. The number of nitrogens with zero attached hydrogens (tertiary/aromatic N) is 1. The Morgan fingerprint density at radius 2 is 2.00 bits per heavy atom. The van der Waals surface area contributed by atoms with E-state index in [2.05, 4.69) is 11.8 Å². The van der Waals surface area contributed by atoms with Crippen molar-refractivity contribution in [2.45, 2.75) is 38.8 Å². The second kappa shape index (κ2) is 5.61. The Morgan fingerprint density at radius 1 is 1.37 bits per heavy atom. The van der Waals surface area contributed by atoms with Crippen LogP contribution in [0, 0.1) is 5.92 Å². The lowest BCUT2D eigenvalue weighted by atomic mass is 9.92. The van der Waals surface area contributed by atoms with Crippen molar-refractivity contribution < 1.29 is 9.90 Å². The molecule has 0 saturated carbocycles. The maximum Gasteiger partial charge on any atom is 0.222 e. The molecule has 0 aliphatic carbocycles. The lowest BCUT2D eigenvalue weighted by Crippen LogP contribution is -2.45. The van der Waals surface area contributed by atoms with Gasteiger partial charge in [0, 0.05) is 18.3 Å². The smallest absolute Gasteiger partial charge is 0.222 e. The molecule has 2 unspecified atom stereocenters. The van der Waals surface area contributed by atoms with Crippen molar-refractivity contribution in [3.05, 3.63) is 29.8 Å². The molecular weight excluding hydrogens is 240 g/mol. The molecule has 0 spiro atoms. The summed E-state index contributed by atoms with van der Waals surface area (Å²) in [5, 5.41) is 9.52. The van der Waals surface area contributed by atoms with Crippen LogP contribution in [0.25, 0.3) is 0 Å². The largest absolute Gasteiger partial charge is 0.389 e. The van der Waals surface area contributed by atoms with Crippen molar-refractivity contribution in [2.75, 3.05) is 11.4 Å². The van der Waals surface area contributed by atoms with Gasteiger partial charge in [0.2, 0.25) is 5.91 Å². The summed E-state index contributed by atoms with van der Waals surface area (Å²) in [5.74, 6) is -0.273. The van der Waals surface area contributed by atoms with E-state index in [1.165, 1.54) is 0 Å². The lowest BCUT2D eigenvalue weighted by Gasteiger charge is -2.38. The molecule has 3 N–H and O–H groups in total. The van der Waals surface area contributed by atoms with E-state index in [4.69, 9.17) is 5.73 Å². The highest BCUT2D eigenvalue weighted by Gasteiger charge is 2.28. The lowest BCUT2D eigenvalue weighted by molar-refractivity contribution is -0.122. The van der Waals surface area contributed by atoms with E-state index in [0.717, 1.165) is 24.1 Å². The van der Waals surface area contributed by atoms with E-state index < -0.39 is 6.10 Å². The number of piperidine rings is 1. The standard InChI is InChI=1S/C15H22N2O2/c1-10-3-4-13(15(16)19)9-17(10)14-7-5-12(6-8-14)11(2)18/h5-8,10-11,13,18H,3-4,9H2,1-2H3,(H2,16,19)/t10?,11-,13?/m0/s1. The van der Waals surface area contributed by atoms with E-state index in [-0.39, 0.29) is 11.8 Å². The zero-order valence-corrected chi connectivity index (χ0v) is 11.5. The Kier molecular flexibility index (Phi) is 4.10. The molecule has 19 heavy (non-hydrogen) atoms. The number of hydrogen-bond acceptors (Lipinski definition) is 3. The highest BCUT2D eigenvalue weighted by molar-refractivity contribution is 5.77. The number of nitrogens with two attached hydrogens (primary N) is 1. The van der Waals surface area contributed by atoms with Crippen LogP contribution in [0.15, 0.2) is 24.3 Å². The van der Waals surface area contributed by atoms with Gasteiger partial charge in [-0.1, -0.05) is 12.1 Å². The minimum absolute atomic E-state index is 0.0624. The molecule has 1 aromatic rings. The molecule has 1 amide bonds. The molecule has 1 heterocycles. The van der Waals surface area contributed by atoms with Gasteiger partial charge in [-0.05, 0) is 44.4 Å². The Balaban J connectivity index is 2.16. The van der Waals surface area contributed by atoms with Crippen LogP contribution in [-0.2, 0) is 4.79 Å². The molecule has 2 rings (SSSR count). The first kappa shape index (κ1) is 13.9. The number of hydrogen-bond donors (Lipinski definition) is 2. The van der Waals surface area contributed by atoms with Crippen molar-refractivity contribution in [1.29, 1.82) is 0 Å². The predicted octanol–water partition coefficient (Wildman–Crippen LogP) is 1.83. The van der Waals surface area contributed by atoms with Crippen molar-refractivity contribution in [3.8, 4) is 0 Å². The molecule has 1 aromatic carbocycles. The number of rotatable bonds is 3. The number of amides is 1. The Labute approximate surface area is 114 Å². The minimum atomic E-state index is -0.453. The fourth-order valence-electron chi connectivity index (χ4n) is 2.64. The van der Waals surface area contributed by atoms with E-state index >= 15 is 0 Å². The summed E-state index contributed by atoms with van der Waals surface area (Å²) in [6, 6.07) is 8.28. The SMILES string of the molecule is CC1CCC(C(N)=O)CN1c1ccc([C@H](C)O)cc1. The number of anilines is 1. The topological polar surface area (TPSA) is 66.6 Å². The first-order chi connectivity index (χ1) is 8.99. The number of aliphatic hydroxyl groups excluding tert-OH is 1. The summed E-state index contributed by atoms with van der Waals surface area (Å²) < 4.78 is 0. The third-order valence-corrected chi connectivity index (χ3v) is 3.99. The van der Waals surface area contributed by atoms with Gasteiger partial charge < -0.3 is 15.7 Å². The van der Waals surface area contributed by atoms with Crippen molar-refractivity contribution in [1.82, 2.24) is 0 Å². The normalized spacial score (nSPS) is 25.1. The average Bonchev–Trinajstić information content (AvgIpc) is 2.39. The summed E-state index contributed by atoms with van der Waals surface area (Å²) in [4.78, 5) is 13.6. The van der Waals surface area contributed by atoms with E-state index in [0.29, 0.717) is 12.6 Å². The number of aliphatic hydroxyl groups is 1. The molecule has 1 saturated heterocycles. The van der Waals surface area contributed by atoms with Gasteiger partial charge in [-0.2, -0.15) is 0 Å². The minimum Gasteiger partial charge on any atom is -0.389 e. The molecule has 1 aliphatic rings. The molecule has 3 atom stereocenters. The van der Waals surface area contributed by atoms with Crippen LogP contribution in [-0.4, -0.2) is 23.6 Å². The van der Waals surface area contributed by atoms with Gasteiger partial charge in [0.05, 0.1) is 12.0 Å². The van der Waals surface area contributed by atoms with Crippen LogP contribution in [0.3, 0.4) is 0 Å². The monoisotopic (exact) mass is 262 g/mol. The zero-order valence-electron chi connectivity index (χ0n) is 11.5. The van der Waals surface area contributed by atoms with Crippen molar-refractivity contribution >= 4 is 11.6 Å². The van der Waals surface area contributed by atoms with Crippen LogP contribution in [0.4, 0.5) is 5.69 Å². The quantitative estimate of drug-likeness (QED) is 0.873. The van der Waals surface area contributed by atoms with Crippen LogP contribution in [0.1, 0.15) is 38.4 Å². The first-order valence-corrected chi connectivity index (χ1v) is 6.83. The molecule has 1 aliphatic heterocycles. The van der Waals surface area contributed by atoms with Crippen LogP contribution in [0.2, 0.25) is 0 Å². The fraction of sp³-hybridized carbons (Fsp3) is 0.533. The molecule has 4 nitrogen and oxygen atoms in total. The van der Waals surface area contributed by atoms with Gasteiger partial charge in [0.25, 0.3) is 0 Å². The highest BCUT2D eigenvalue weighted by Crippen LogP contribution is 2.28. The van der Waals surface area contributed by atoms with Crippen molar-refractivity contribution in [2.24, 2.45) is 11.7 Å². The third kappa shape index (κ3) is 3.07. The number of carbonyl (C=O) groups is 1. The summed E-state index contributed by atoms with van der Waals surface area (Å²) >= 11 is 0. The second-order valence-electron chi connectivity index (χ2n) is 5.45. The first-order valence-electron chi connectivity index (χ1n) is 6.83. The summed E-state index contributed by atoms with van der Waals surface area (Å²) in [6.07, 6.45) is 1.40. The molecule has 104 valence electrons. The Bertz CT molecular complexity index is 442. The van der Waals surface area contributed by atoms with Gasteiger partial charge in [0.1, 0.15) is 0 Å². The molecular formula is C15H22N2O2. The summed E-state index contributed by atoms with van der Waals surface area (Å²) in [6.45, 7) is 4.60. The number of carbonyl (C=O) groups excluding carboxylic acids is 1. The van der Waals surface area contributed by atoms with E-state index in [9.17, 15) is 9.90 Å². The number of primary amides is 1. The van der Waals surface area contributed by atoms with E-state index in [1.54, 1.807) is 6.92 Å². The predicted molar refractivity (Wildman–Crippen MR) is 75.8 cm³/mol. The van der Waals surface area contributed by atoms with Gasteiger partial charge in [0.15, 0.2) is 0 Å². The highest BCUT2D eigenvalue weighted by atomic mass is 16.3. The maximum atomic E-state index is 11.3. The molecule has 1 fully saturated rings. The van der Waals surface area contributed by atoms with Crippen LogP contribution >= 0.6 is 0 Å². The Morgan fingerprint density at radius 3 is 2.53 bits per heavy atom. The maximum absolute atomic E-state index is 11.3. The third-order valence-electron chi connectivity index (χ3n) is 3.99. The molecule has 0 bridgehead atoms. The van der Waals surface area contributed by atoms with Crippen LogP contribution < -0.4 is 10.6 Å². The molecule has 4 heteroatoms. The van der Waals surface area contributed by atoms with Gasteiger partial charge in [-0.3, -0.25) is 4.79 Å². The molecule has 0 aromatic heterocycles. The van der Waals surface area contributed by atoms with Crippen LogP contribution in [0.5, 0.6) is 0 Å². The van der Waals surface area contributed by atoms with Gasteiger partial charge >= 0.3 is 0 Å². The number of benzene rings is 1. The van der Waals surface area contributed by atoms with Gasteiger partial charge in [-0.25, -0.2) is 0 Å². The summed E-state index contributed by atoms with van der Waals surface area (Å²) in [5.41, 5.74) is 7.41. The summed E-state index contributed by atoms with van der Waals surface area (Å²) in [7, 11) is 0. The second-order valence-corrected chi connectivity index (χ2v) is 5.45. The fourth-order valence-corrected chi connectivity index (χ4v) is 2.64. The average molecular weight is 262 g/mol.